The van der Waals surface area contributed by atoms with Crippen LogP contribution in [0.3, 0.4) is 0 Å². The molecule has 0 radical (unpaired) electrons. The lowest BCUT2D eigenvalue weighted by Gasteiger charge is -2.15. The molecule has 4 heteroatoms. The van der Waals surface area contributed by atoms with Crippen LogP contribution in [0.4, 0.5) is 0 Å². The summed E-state index contributed by atoms with van der Waals surface area (Å²) in [6.07, 6.45) is 0.995. The Morgan fingerprint density at radius 3 is 2.88 bits per heavy atom. The second-order valence-corrected chi connectivity index (χ2v) is 4.52. The van der Waals surface area contributed by atoms with Crippen molar-refractivity contribution in [3.05, 3.63) is 30.3 Å². The van der Waals surface area contributed by atoms with E-state index in [2.05, 4.69) is 0 Å². The number of benzene rings is 1. The topological polar surface area (TPSA) is 29.5 Å². The number of hydrogen-bond acceptors (Lipinski definition) is 2. The summed E-state index contributed by atoms with van der Waals surface area (Å²) in [4.78, 5) is 13.2. The predicted molar refractivity (Wildman–Crippen MR) is 67.3 cm³/mol. The van der Waals surface area contributed by atoms with E-state index in [1.807, 2.05) is 35.2 Å². The molecule has 92 valence electrons. The van der Waals surface area contributed by atoms with Gasteiger partial charge in [-0.3, -0.25) is 4.79 Å². The highest BCUT2D eigenvalue weighted by molar-refractivity contribution is 6.27. The number of hydrogen-bond donors (Lipinski definition) is 0. The van der Waals surface area contributed by atoms with E-state index in [1.54, 1.807) is 0 Å². The standard InChI is InChI=1S/C13H16ClNO2/c14-8-13(16)15-7-6-11(9-15)10-17-12-4-2-1-3-5-12/h1-5,11H,6-10H2. The Labute approximate surface area is 106 Å². The molecule has 1 unspecified atom stereocenters. The van der Waals surface area contributed by atoms with Crippen molar-refractivity contribution >= 4 is 17.5 Å². The number of alkyl halides is 1. The first-order valence-corrected chi connectivity index (χ1v) is 6.34. The maximum Gasteiger partial charge on any atom is 0.237 e. The van der Waals surface area contributed by atoms with Gasteiger partial charge in [0, 0.05) is 19.0 Å². The van der Waals surface area contributed by atoms with E-state index < -0.39 is 0 Å². The number of ether oxygens (including phenoxy) is 1. The Kier molecular flexibility index (Phi) is 4.26. The van der Waals surface area contributed by atoms with Crippen LogP contribution in [0.2, 0.25) is 0 Å². The van der Waals surface area contributed by atoms with Gasteiger partial charge >= 0.3 is 0 Å². The minimum atomic E-state index is 0.0221. The molecule has 1 aromatic rings. The summed E-state index contributed by atoms with van der Waals surface area (Å²) < 4.78 is 5.68. The SMILES string of the molecule is O=C(CCl)N1CCC(COc2ccccc2)C1. The molecule has 2 rings (SSSR count). The molecule has 1 aliphatic heterocycles. The highest BCUT2D eigenvalue weighted by Crippen LogP contribution is 2.18. The van der Waals surface area contributed by atoms with Crippen molar-refractivity contribution in [3.8, 4) is 5.75 Å². The average molecular weight is 254 g/mol. The van der Waals surface area contributed by atoms with E-state index in [-0.39, 0.29) is 11.8 Å². The molecule has 0 aromatic heterocycles. The predicted octanol–water partition coefficient (Wildman–Crippen LogP) is 2.15. The van der Waals surface area contributed by atoms with Crippen LogP contribution in [0.1, 0.15) is 6.42 Å². The highest BCUT2D eigenvalue weighted by atomic mass is 35.5. The van der Waals surface area contributed by atoms with Gasteiger partial charge in [-0.1, -0.05) is 18.2 Å². The van der Waals surface area contributed by atoms with E-state index in [1.165, 1.54) is 0 Å². The zero-order valence-corrected chi connectivity index (χ0v) is 10.4. The maximum atomic E-state index is 11.4. The first-order chi connectivity index (χ1) is 8.29. The summed E-state index contributed by atoms with van der Waals surface area (Å²) >= 11 is 5.53. The molecule has 0 N–H and O–H groups in total. The monoisotopic (exact) mass is 253 g/mol. The number of rotatable bonds is 4. The average Bonchev–Trinajstić information content (AvgIpc) is 2.85. The minimum Gasteiger partial charge on any atom is -0.493 e. The number of halogens is 1. The number of para-hydroxylation sites is 1. The van der Waals surface area contributed by atoms with E-state index in [9.17, 15) is 4.79 Å². The Balaban J connectivity index is 1.77. The third-order valence-electron chi connectivity index (χ3n) is 2.98. The molecule has 1 heterocycles. The van der Waals surface area contributed by atoms with Gasteiger partial charge in [0.05, 0.1) is 6.61 Å². The molecule has 1 amide bonds. The van der Waals surface area contributed by atoms with Gasteiger partial charge < -0.3 is 9.64 Å². The summed E-state index contributed by atoms with van der Waals surface area (Å²) in [5, 5.41) is 0. The van der Waals surface area contributed by atoms with Crippen LogP contribution in [0.25, 0.3) is 0 Å². The lowest BCUT2D eigenvalue weighted by molar-refractivity contribution is -0.127. The summed E-state index contributed by atoms with van der Waals surface area (Å²) in [5.41, 5.74) is 0. The van der Waals surface area contributed by atoms with Crippen molar-refractivity contribution in [2.75, 3.05) is 25.6 Å². The van der Waals surface area contributed by atoms with E-state index >= 15 is 0 Å². The van der Waals surface area contributed by atoms with Crippen molar-refractivity contribution in [3.63, 3.8) is 0 Å². The summed E-state index contributed by atoms with van der Waals surface area (Å²) in [7, 11) is 0. The van der Waals surface area contributed by atoms with Crippen molar-refractivity contribution in [2.45, 2.75) is 6.42 Å². The van der Waals surface area contributed by atoms with Crippen LogP contribution < -0.4 is 4.74 Å². The zero-order chi connectivity index (χ0) is 12.1. The lowest BCUT2D eigenvalue weighted by Crippen LogP contribution is -2.30. The first-order valence-electron chi connectivity index (χ1n) is 5.81. The molecule has 1 aromatic carbocycles. The number of amides is 1. The molecule has 17 heavy (non-hydrogen) atoms. The molecule has 3 nitrogen and oxygen atoms in total. The van der Waals surface area contributed by atoms with Gasteiger partial charge in [0.25, 0.3) is 0 Å². The Morgan fingerprint density at radius 2 is 2.18 bits per heavy atom. The van der Waals surface area contributed by atoms with Crippen LogP contribution in [0.5, 0.6) is 5.75 Å². The van der Waals surface area contributed by atoms with Gasteiger partial charge in [0.2, 0.25) is 5.91 Å². The fraction of sp³-hybridized carbons (Fsp3) is 0.462. The summed E-state index contributed by atoms with van der Waals surface area (Å²) in [5.74, 6) is 1.40. The van der Waals surface area contributed by atoms with Crippen molar-refractivity contribution in [2.24, 2.45) is 5.92 Å². The number of carbonyl (C=O) groups excluding carboxylic acids is 1. The molecule has 0 spiro atoms. The molecule has 0 saturated carbocycles. The van der Waals surface area contributed by atoms with E-state index in [4.69, 9.17) is 16.3 Å². The number of nitrogens with zero attached hydrogens (tertiary/aromatic N) is 1. The third kappa shape index (κ3) is 3.37. The van der Waals surface area contributed by atoms with Crippen LogP contribution in [0, 0.1) is 5.92 Å². The minimum absolute atomic E-state index is 0.0221. The highest BCUT2D eigenvalue weighted by Gasteiger charge is 2.25. The smallest absolute Gasteiger partial charge is 0.237 e. The molecule has 1 aliphatic rings. The second kappa shape index (κ2) is 5.92. The van der Waals surface area contributed by atoms with Crippen molar-refractivity contribution < 1.29 is 9.53 Å². The quantitative estimate of drug-likeness (QED) is 0.770. The molecule has 0 bridgehead atoms. The van der Waals surface area contributed by atoms with Crippen molar-refractivity contribution in [1.29, 1.82) is 0 Å². The first kappa shape index (κ1) is 12.2. The Bertz CT molecular complexity index is 369. The van der Waals surface area contributed by atoms with Crippen LogP contribution in [-0.2, 0) is 4.79 Å². The van der Waals surface area contributed by atoms with E-state index in [0.29, 0.717) is 12.5 Å². The molecule has 1 saturated heterocycles. The largest absolute Gasteiger partial charge is 0.493 e. The molecular weight excluding hydrogens is 238 g/mol. The van der Waals surface area contributed by atoms with Gasteiger partial charge in [-0.05, 0) is 18.6 Å². The maximum absolute atomic E-state index is 11.4. The number of likely N-dealkylation sites (tertiary alicyclic amines) is 1. The fourth-order valence-corrected chi connectivity index (χ4v) is 2.18. The molecular formula is C13H16ClNO2. The lowest BCUT2D eigenvalue weighted by atomic mass is 10.1. The summed E-state index contributed by atoms with van der Waals surface area (Å²) in [6.45, 7) is 2.23. The second-order valence-electron chi connectivity index (χ2n) is 4.25. The van der Waals surface area contributed by atoms with Gasteiger partial charge in [-0.25, -0.2) is 0 Å². The summed E-state index contributed by atoms with van der Waals surface area (Å²) in [6, 6.07) is 9.75. The molecule has 0 aliphatic carbocycles. The van der Waals surface area contributed by atoms with Crippen LogP contribution in [-0.4, -0.2) is 36.4 Å². The molecule has 1 fully saturated rings. The van der Waals surface area contributed by atoms with E-state index in [0.717, 1.165) is 25.3 Å². The normalized spacial score (nSPS) is 19.4. The van der Waals surface area contributed by atoms with Crippen LogP contribution >= 0.6 is 11.6 Å². The Morgan fingerprint density at radius 1 is 1.41 bits per heavy atom. The van der Waals surface area contributed by atoms with Gasteiger partial charge in [0.1, 0.15) is 11.6 Å². The molecule has 1 atom stereocenters. The number of carbonyl (C=O) groups is 1. The zero-order valence-electron chi connectivity index (χ0n) is 9.64. The van der Waals surface area contributed by atoms with Gasteiger partial charge in [-0.15, -0.1) is 11.6 Å². The van der Waals surface area contributed by atoms with Gasteiger partial charge in [0.15, 0.2) is 0 Å². The van der Waals surface area contributed by atoms with Crippen LogP contribution in [0.15, 0.2) is 30.3 Å². The van der Waals surface area contributed by atoms with Crippen molar-refractivity contribution in [1.82, 2.24) is 4.90 Å². The third-order valence-corrected chi connectivity index (χ3v) is 3.21. The van der Waals surface area contributed by atoms with Gasteiger partial charge in [-0.2, -0.15) is 0 Å². The Hall–Kier alpha value is -1.22. The fourth-order valence-electron chi connectivity index (χ4n) is 2.01.